The SMILES string of the molecule is CCCCCCCCN1CC/C=C\Cc2ccccc21. The van der Waals surface area contributed by atoms with Crippen LogP contribution in [0.25, 0.3) is 0 Å². The molecule has 20 heavy (non-hydrogen) atoms. The van der Waals surface area contributed by atoms with E-state index < -0.39 is 0 Å². The van der Waals surface area contributed by atoms with Crippen LogP contribution in [0.15, 0.2) is 36.4 Å². The zero-order valence-corrected chi connectivity index (χ0v) is 13.0. The molecule has 0 amide bonds. The molecule has 0 radical (unpaired) electrons. The molecule has 0 saturated heterocycles. The lowest BCUT2D eigenvalue weighted by Gasteiger charge is -2.28. The maximum absolute atomic E-state index is 2.60. The number of hydrogen-bond acceptors (Lipinski definition) is 1. The molecule has 1 aromatic carbocycles. The molecule has 0 N–H and O–H groups in total. The first-order valence-corrected chi connectivity index (χ1v) is 8.39. The van der Waals surface area contributed by atoms with E-state index in [9.17, 15) is 0 Å². The van der Waals surface area contributed by atoms with Crippen molar-refractivity contribution in [1.29, 1.82) is 0 Å². The number of allylic oxidation sites excluding steroid dienone is 1. The van der Waals surface area contributed by atoms with Crippen LogP contribution in [-0.2, 0) is 6.42 Å². The van der Waals surface area contributed by atoms with Gasteiger partial charge in [-0.2, -0.15) is 0 Å². The van der Waals surface area contributed by atoms with E-state index in [0.717, 1.165) is 6.42 Å². The second-order valence-electron chi connectivity index (χ2n) is 5.85. The van der Waals surface area contributed by atoms with Crippen molar-refractivity contribution in [2.45, 2.75) is 58.3 Å². The van der Waals surface area contributed by atoms with Crippen molar-refractivity contribution in [1.82, 2.24) is 0 Å². The molecule has 1 heteroatoms. The third-order valence-corrected chi connectivity index (χ3v) is 4.18. The molecule has 1 nitrogen and oxygen atoms in total. The zero-order valence-electron chi connectivity index (χ0n) is 13.0. The smallest absolute Gasteiger partial charge is 0.0402 e. The molecule has 0 fully saturated rings. The van der Waals surface area contributed by atoms with Crippen LogP contribution in [0.3, 0.4) is 0 Å². The molecular formula is C19H29N. The van der Waals surface area contributed by atoms with E-state index in [1.807, 2.05) is 0 Å². The molecule has 0 aromatic heterocycles. The van der Waals surface area contributed by atoms with Gasteiger partial charge in [0.25, 0.3) is 0 Å². The highest BCUT2D eigenvalue weighted by Crippen LogP contribution is 2.24. The lowest BCUT2D eigenvalue weighted by Crippen LogP contribution is -2.27. The van der Waals surface area contributed by atoms with Crippen molar-refractivity contribution in [3.8, 4) is 0 Å². The van der Waals surface area contributed by atoms with Crippen LogP contribution in [0.1, 0.15) is 57.4 Å². The van der Waals surface area contributed by atoms with E-state index in [0.29, 0.717) is 0 Å². The van der Waals surface area contributed by atoms with Crippen LogP contribution in [0.4, 0.5) is 5.69 Å². The van der Waals surface area contributed by atoms with Crippen molar-refractivity contribution >= 4 is 5.69 Å². The Labute approximate surface area is 124 Å². The molecule has 110 valence electrons. The van der Waals surface area contributed by atoms with Crippen molar-refractivity contribution in [2.75, 3.05) is 18.0 Å². The normalized spacial score (nSPS) is 16.4. The van der Waals surface area contributed by atoms with Crippen molar-refractivity contribution in [3.05, 3.63) is 42.0 Å². The summed E-state index contributed by atoms with van der Waals surface area (Å²) in [6.45, 7) is 4.67. The highest BCUT2D eigenvalue weighted by Gasteiger charge is 2.10. The van der Waals surface area contributed by atoms with Crippen LogP contribution < -0.4 is 4.90 Å². The van der Waals surface area contributed by atoms with E-state index in [1.165, 1.54) is 69.3 Å². The minimum absolute atomic E-state index is 1.09. The summed E-state index contributed by atoms with van der Waals surface area (Å²) in [5.74, 6) is 0. The minimum atomic E-state index is 1.09. The largest absolute Gasteiger partial charge is 0.371 e. The van der Waals surface area contributed by atoms with Crippen LogP contribution in [0.5, 0.6) is 0 Å². The number of nitrogens with zero attached hydrogens (tertiary/aromatic N) is 1. The first kappa shape index (κ1) is 15.2. The Morgan fingerprint density at radius 2 is 1.75 bits per heavy atom. The number of fused-ring (bicyclic) bond motifs is 1. The predicted molar refractivity (Wildman–Crippen MR) is 89.5 cm³/mol. The zero-order chi connectivity index (χ0) is 14.0. The fourth-order valence-electron chi connectivity index (χ4n) is 2.99. The van der Waals surface area contributed by atoms with Gasteiger partial charge in [0, 0.05) is 18.8 Å². The Balaban J connectivity index is 1.85. The fraction of sp³-hybridized carbons (Fsp3) is 0.579. The van der Waals surface area contributed by atoms with Crippen LogP contribution in [0, 0.1) is 0 Å². The summed E-state index contributed by atoms with van der Waals surface area (Å²) in [7, 11) is 0. The van der Waals surface area contributed by atoms with Gasteiger partial charge in [-0.05, 0) is 30.9 Å². The summed E-state index contributed by atoms with van der Waals surface area (Å²) in [5.41, 5.74) is 2.94. The van der Waals surface area contributed by atoms with Crippen molar-refractivity contribution in [2.24, 2.45) is 0 Å². The Morgan fingerprint density at radius 1 is 0.950 bits per heavy atom. The summed E-state index contributed by atoms with van der Waals surface area (Å²) in [6.07, 6.45) is 15.2. The molecule has 1 aliphatic rings. The first-order chi connectivity index (χ1) is 9.92. The standard InChI is InChI=1S/C19H29N/c1-2-3-4-5-6-11-16-20-17-12-7-8-13-18-14-9-10-15-19(18)20/h7-10,14-15H,2-6,11-13,16-17H2,1H3/b8-7-. The number of para-hydroxylation sites is 1. The molecule has 0 saturated carbocycles. The Morgan fingerprint density at radius 3 is 2.65 bits per heavy atom. The Hall–Kier alpha value is -1.24. The van der Waals surface area contributed by atoms with Gasteiger partial charge < -0.3 is 4.90 Å². The number of hydrogen-bond donors (Lipinski definition) is 0. The molecule has 1 aliphatic heterocycles. The van der Waals surface area contributed by atoms with Gasteiger partial charge >= 0.3 is 0 Å². The second kappa shape index (κ2) is 8.84. The predicted octanol–water partition coefficient (Wildman–Crippen LogP) is 5.36. The molecule has 2 rings (SSSR count). The van der Waals surface area contributed by atoms with Gasteiger partial charge in [0.15, 0.2) is 0 Å². The number of rotatable bonds is 7. The summed E-state index contributed by atoms with van der Waals surface area (Å²) in [5, 5.41) is 0. The third kappa shape index (κ3) is 4.70. The fourth-order valence-corrected chi connectivity index (χ4v) is 2.99. The number of anilines is 1. The van der Waals surface area contributed by atoms with E-state index in [1.54, 1.807) is 0 Å². The van der Waals surface area contributed by atoms with Gasteiger partial charge in [-0.3, -0.25) is 0 Å². The molecule has 0 spiro atoms. The lowest BCUT2D eigenvalue weighted by atomic mass is 10.0. The quantitative estimate of drug-likeness (QED) is 0.477. The highest BCUT2D eigenvalue weighted by atomic mass is 15.1. The summed E-state index contributed by atoms with van der Waals surface area (Å²) < 4.78 is 0. The molecule has 0 aliphatic carbocycles. The summed E-state index contributed by atoms with van der Waals surface area (Å²) in [6, 6.07) is 8.92. The van der Waals surface area contributed by atoms with Gasteiger partial charge in [0.1, 0.15) is 0 Å². The average molecular weight is 271 g/mol. The summed E-state index contributed by atoms with van der Waals surface area (Å²) in [4.78, 5) is 2.60. The maximum Gasteiger partial charge on any atom is 0.0402 e. The average Bonchev–Trinajstić information content (AvgIpc) is 2.46. The Bertz CT molecular complexity index is 408. The topological polar surface area (TPSA) is 3.24 Å². The van der Waals surface area contributed by atoms with Crippen molar-refractivity contribution in [3.63, 3.8) is 0 Å². The Kier molecular flexibility index (Phi) is 6.70. The minimum Gasteiger partial charge on any atom is -0.371 e. The first-order valence-electron chi connectivity index (χ1n) is 8.39. The van der Waals surface area contributed by atoms with Gasteiger partial charge in [-0.25, -0.2) is 0 Å². The monoisotopic (exact) mass is 271 g/mol. The van der Waals surface area contributed by atoms with Crippen molar-refractivity contribution < 1.29 is 0 Å². The lowest BCUT2D eigenvalue weighted by molar-refractivity contribution is 0.598. The van der Waals surface area contributed by atoms with Gasteiger partial charge in [0.2, 0.25) is 0 Å². The van der Waals surface area contributed by atoms with E-state index >= 15 is 0 Å². The second-order valence-corrected chi connectivity index (χ2v) is 5.85. The third-order valence-electron chi connectivity index (χ3n) is 4.18. The van der Waals surface area contributed by atoms with E-state index in [4.69, 9.17) is 0 Å². The molecular weight excluding hydrogens is 242 g/mol. The molecule has 0 unspecified atom stereocenters. The number of unbranched alkanes of at least 4 members (excludes halogenated alkanes) is 5. The van der Waals surface area contributed by atoms with E-state index in [2.05, 4.69) is 48.2 Å². The van der Waals surface area contributed by atoms with Gasteiger partial charge in [-0.1, -0.05) is 69.4 Å². The van der Waals surface area contributed by atoms with Crippen LogP contribution in [-0.4, -0.2) is 13.1 Å². The van der Waals surface area contributed by atoms with E-state index in [-0.39, 0.29) is 0 Å². The molecule has 0 bridgehead atoms. The molecule has 1 aromatic rings. The molecule has 1 heterocycles. The van der Waals surface area contributed by atoms with Crippen LogP contribution >= 0.6 is 0 Å². The summed E-state index contributed by atoms with van der Waals surface area (Å²) >= 11 is 0. The van der Waals surface area contributed by atoms with Crippen LogP contribution in [0.2, 0.25) is 0 Å². The molecule has 0 atom stereocenters. The maximum atomic E-state index is 2.60. The van der Waals surface area contributed by atoms with Gasteiger partial charge in [-0.15, -0.1) is 0 Å². The number of benzene rings is 1. The van der Waals surface area contributed by atoms with Gasteiger partial charge in [0.05, 0.1) is 0 Å². The highest BCUT2D eigenvalue weighted by molar-refractivity contribution is 5.54.